The second kappa shape index (κ2) is 7.13. The molecule has 2 amide bonds. The number of hydrogen-bond donors (Lipinski definition) is 1. The average Bonchev–Trinajstić information content (AvgIpc) is 3.01. The summed E-state index contributed by atoms with van der Waals surface area (Å²) in [5.41, 5.74) is 0.0824. The minimum absolute atomic E-state index is 0.0468. The fraction of sp³-hybridized carbons (Fsp3) is 0.619. The van der Waals surface area contributed by atoms with Crippen molar-refractivity contribution in [3.63, 3.8) is 0 Å². The molecule has 0 unspecified atom stereocenters. The molecule has 3 aliphatic rings. The highest BCUT2D eigenvalue weighted by molar-refractivity contribution is 5.84. The molecule has 5 nitrogen and oxygen atoms in total. The fourth-order valence-corrected chi connectivity index (χ4v) is 5.65. The number of benzene rings is 1. The Kier molecular flexibility index (Phi) is 4.82. The molecule has 1 aromatic carbocycles. The number of ether oxygens (including phenoxy) is 1. The fourth-order valence-electron chi connectivity index (χ4n) is 5.65. The standard InChI is InChI=1S/C21H27FN2O3/c1-14-15-6-4-9-19(25)24-13-5-11-21(15,24)12-10-18(14)27-20(26)23-17-8-3-2-7-16(17)22/h2-3,7-8,14-15,18H,4-6,9-13H2,1H3,(H,23,26)/t14-,15+,18+,21-/m1/s1. The van der Waals surface area contributed by atoms with Gasteiger partial charge in [0.05, 0.1) is 5.69 Å². The summed E-state index contributed by atoms with van der Waals surface area (Å²) in [6.07, 6.45) is 5.46. The number of halogens is 1. The van der Waals surface area contributed by atoms with E-state index in [-0.39, 0.29) is 23.2 Å². The monoisotopic (exact) mass is 374 g/mol. The van der Waals surface area contributed by atoms with Crippen LogP contribution in [0.2, 0.25) is 0 Å². The van der Waals surface area contributed by atoms with Gasteiger partial charge in [-0.2, -0.15) is 0 Å². The maximum Gasteiger partial charge on any atom is 0.411 e. The first-order valence-corrected chi connectivity index (χ1v) is 10.0. The number of carbonyl (C=O) groups excluding carboxylic acids is 2. The number of anilines is 1. The van der Waals surface area contributed by atoms with Crippen LogP contribution >= 0.6 is 0 Å². The first kappa shape index (κ1) is 18.3. The van der Waals surface area contributed by atoms with Gasteiger partial charge in [-0.15, -0.1) is 0 Å². The predicted molar refractivity (Wildman–Crippen MR) is 99.7 cm³/mol. The summed E-state index contributed by atoms with van der Waals surface area (Å²) in [5.74, 6) is 0.343. The molecule has 1 aliphatic carbocycles. The number of amides is 2. The second-order valence-electron chi connectivity index (χ2n) is 8.20. The van der Waals surface area contributed by atoms with Crippen molar-refractivity contribution >= 4 is 17.7 Å². The van der Waals surface area contributed by atoms with Crippen molar-refractivity contribution in [1.82, 2.24) is 4.90 Å². The Morgan fingerprint density at radius 2 is 2.07 bits per heavy atom. The lowest BCUT2D eigenvalue weighted by molar-refractivity contribution is -0.140. The lowest BCUT2D eigenvalue weighted by Gasteiger charge is -2.51. The lowest BCUT2D eigenvalue weighted by Crippen LogP contribution is -2.57. The molecule has 146 valence electrons. The second-order valence-corrected chi connectivity index (χ2v) is 8.20. The molecule has 1 saturated carbocycles. The largest absolute Gasteiger partial charge is 0.446 e. The van der Waals surface area contributed by atoms with Gasteiger partial charge in [0.1, 0.15) is 11.9 Å². The topological polar surface area (TPSA) is 58.6 Å². The van der Waals surface area contributed by atoms with Crippen LogP contribution in [0, 0.1) is 17.7 Å². The molecule has 0 aromatic heterocycles. The summed E-state index contributed by atoms with van der Waals surface area (Å²) in [5, 5.41) is 2.51. The smallest absolute Gasteiger partial charge is 0.411 e. The third kappa shape index (κ3) is 3.19. The van der Waals surface area contributed by atoms with Gasteiger partial charge in [0.15, 0.2) is 0 Å². The van der Waals surface area contributed by atoms with Crippen molar-refractivity contribution in [2.45, 2.75) is 63.5 Å². The minimum atomic E-state index is -0.610. The summed E-state index contributed by atoms with van der Waals surface area (Å²) < 4.78 is 19.5. The van der Waals surface area contributed by atoms with Gasteiger partial charge in [-0.1, -0.05) is 19.1 Å². The number of para-hydroxylation sites is 1. The van der Waals surface area contributed by atoms with Crippen molar-refractivity contribution in [2.24, 2.45) is 11.8 Å². The first-order chi connectivity index (χ1) is 13.0. The van der Waals surface area contributed by atoms with Crippen molar-refractivity contribution in [1.29, 1.82) is 0 Å². The van der Waals surface area contributed by atoms with Crippen molar-refractivity contribution < 1.29 is 18.7 Å². The molecule has 3 fully saturated rings. The van der Waals surface area contributed by atoms with Gasteiger partial charge >= 0.3 is 6.09 Å². The van der Waals surface area contributed by atoms with E-state index in [4.69, 9.17) is 4.74 Å². The van der Waals surface area contributed by atoms with E-state index in [0.717, 1.165) is 45.1 Å². The summed E-state index contributed by atoms with van der Waals surface area (Å²) in [6, 6.07) is 6.07. The van der Waals surface area contributed by atoms with E-state index in [1.54, 1.807) is 12.1 Å². The Labute approximate surface area is 159 Å². The molecule has 1 spiro atoms. The number of rotatable bonds is 2. The molecule has 0 bridgehead atoms. The highest BCUT2D eigenvalue weighted by atomic mass is 19.1. The van der Waals surface area contributed by atoms with Gasteiger partial charge in [0.2, 0.25) is 5.91 Å². The zero-order valence-electron chi connectivity index (χ0n) is 15.7. The van der Waals surface area contributed by atoms with E-state index in [0.29, 0.717) is 18.2 Å². The summed E-state index contributed by atoms with van der Waals surface area (Å²) in [6.45, 7) is 3.00. The van der Waals surface area contributed by atoms with Crippen LogP contribution in [0.25, 0.3) is 0 Å². The molecule has 1 aromatic rings. The van der Waals surface area contributed by atoms with Gasteiger partial charge in [0.25, 0.3) is 0 Å². The Morgan fingerprint density at radius 1 is 1.26 bits per heavy atom. The van der Waals surface area contributed by atoms with E-state index >= 15 is 0 Å². The third-order valence-electron chi connectivity index (χ3n) is 6.88. The highest BCUT2D eigenvalue weighted by Gasteiger charge is 2.55. The van der Waals surface area contributed by atoms with Crippen molar-refractivity contribution in [3.8, 4) is 0 Å². The normalized spacial score (nSPS) is 33.0. The summed E-state index contributed by atoms with van der Waals surface area (Å²) in [4.78, 5) is 27.0. The van der Waals surface area contributed by atoms with E-state index in [1.165, 1.54) is 12.1 Å². The van der Waals surface area contributed by atoms with Crippen molar-refractivity contribution in [3.05, 3.63) is 30.1 Å². The van der Waals surface area contributed by atoms with Gasteiger partial charge in [0, 0.05) is 18.5 Å². The maximum absolute atomic E-state index is 13.7. The number of nitrogens with zero attached hydrogens (tertiary/aromatic N) is 1. The molecule has 1 N–H and O–H groups in total. The molecule has 2 aliphatic heterocycles. The van der Waals surface area contributed by atoms with Crippen LogP contribution in [-0.2, 0) is 9.53 Å². The molecular formula is C21H27FN2O3. The van der Waals surface area contributed by atoms with Crippen LogP contribution in [0.5, 0.6) is 0 Å². The minimum Gasteiger partial charge on any atom is -0.446 e. The molecular weight excluding hydrogens is 347 g/mol. The Bertz CT molecular complexity index is 740. The quantitative estimate of drug-likeness (QED) is 0.838. The van der Waals surface area contributed by atoms with Gasteiger partial charge in [-0.25, -0.2) is 9.18 Å². The number of nitrogens with one attached hydrogen (secondary N) is 1. The van der Waals surface area contributed by atoms with E-state index in [2.05, 4.69) is 17.1 Å². The molecule has 4 atom stereocenters. The first-order valence-electron chi connectivity index (χ1n) is 10.0. The number of hydrogen-bond acceptors (Lipinski definition) is 3. The van der Waals surface area contributed by atoms with Crippen LogP contribution in [0.1, 0.15) is 51.9 Å². The van der Waals surface area contributed by atoms with Gasteiger partial charge in [-0.05, 0) is 62.5 Å². The molecule has 0 radical (unpaired) electrons. The molecule has 4 rings (SSSR count). The van der Waals surface area contributed by atoms with Gasteiger partial charge < -0.3 is 9.64 Å². The van der Waals surface area contributed by atoms with Gasteiger partial charge in [-0.3, -0.25) is 10.1 Å². The van der Waals surface area contributed by atoms with Crippen LogP contribution in [0.15, 0.2) is 24.3 Å². The predicted octanol–water partition coefficient (Wildman–Crippen LogP) is 4.33. The summed E-state index contributed by atoms with van der Waals surface area (Å²) in [7, 11) is 0. The lowest BCUT2D eigenvalue weighted by atomic mass is 9.64. The maximum atomic E-state index is 13.7. The Morgan fingerprint density at radius 3 is 2.89 bits per heavy atom. The van der Waals surface area contributed by atoms with Crippen LogP contribution < -0.4 is 5.32 Å². The zero-order chi connectivity index (χ0) is 19.0. The average molecular weight is 374 g/mol. The highest BCUT2D eigenvalue weighted by Crippen LogP contribution is 2.52. The van der Waals surface area contributed by atoms with Crippen LogP contribution in [-0.4, -0.2) is 35.1 Å². The van der Waals surface area contributed by atoms with Crippen LogP contribution in [0.3, 0.4) is 0 Å². The molecule has 6 heteroatoms. The Hall–Kier alpha value is -2.11. The van der Waals surface area contributed by atoms with E-state index in [1.807, 2.05) is 0 Å². The van der Waals surface area contributed by atoms with Crippen molar-refractivity contribution in [2.75, 3.05) is 11.9 Å². The zero-order valence-corrected chi connectivity index (χ0v) is 15.7. The summed E-state index contributed by atoms with van der Waals surface area (Å²) >= 11 is 0. The van der Waals surface area contributed by atoms with Crippen LogP contribution in [0.4, 0.5) is 14.9 Å². The molecule has 27 heavy (non-hydrogen) atoms. The van der Waals surface area contributed by atoms with E-state index in [9.17, 15) is 14.0 Å². The third-order valence-corrected chi connectivity index (χ3v) is 6.88. The molecule has 2 saturated heterocycles. The number of carbonyl (C=O) groups is 2. The van der Waals surface area contributed by atoms with E-state index < -0.39 is 11.9 Å². The SMILES string of the molecule is C[C@H]1[C@@H](OC(=O)Nc2ccccc2F)CC[C@@]23CCCN2C(=O)CCC[C@@H]13. The Balaban J connectivity index is 1.46. The molecule has 2 heterocycles.